The molecule has 0 radical (unpaired) electrons. The van der Waals surface area contributed by atoms with Crippen molar-refractivity contribution in [2.75, 3.05) is 19.0 Å². The van der Waals surface area contributed by atoms with Gasteiger partial charge in [-0.3, -0.25) is 0 Å². The van der Waals surface area contributed by atoms with E-state index >= 15 is 0 Å². The Morgan fingerprint density at radius 1 is 0.857 bits per heavy atom. The largest absolute Gasteiger partial charge is 0.416 e. The zero-order chi connectivity index (χ0) is 15.6. The summed E-state index contributed by atoms with van der Waals surface area (Å²) in [5.41, 5.74) is 8.00. The molecule has 0 fully saturated rings. The zero-order valence-corrected chi connectivity index (χ0v) is 11.9. The van der Waals surface area contributed by atoms with Crippen molar-refractivity contribution < 1.29 is 13.2 Å². The molecule has 2 N–H and O–H groups in total. The minimum atomic E-state index is -4.32. The molecule has 0 aromatic heterocycles. The Hall–Kier alpha value is -2.01. The highest BCUT2D eigenvalue weighted by atomic mass is 19.4. The Morgan fingerprint density at radius 2 is 1.29 bits per heavy atom. The second-order valence-electron chi connectivity index (χ2n) is 5.08. The van der Waals surface area contributed by atoms with Crippen LogP contribution in [-0.2, 0) is 6.18 Å². The van der Waals surface area contributed by atoms with Crippen LogP contribution < -0.4 is 10.6 Å². The molecule has 2 rings (SSSR count). The molecule has 1 atom stereocenters. The van der Waals surface area contributed by atoms with Crippen LogP contribution in [-0.4, -0.2) is 14.1 Å². The predicted molar refractivity (Wildman–Crippen MR) is 78.2 cm³/mol. The Bertz CT molecular complexity index is 586. The van der Waals surface area contributed by atoms with Gasteiger partial charge in [0.1, 0.15) is 0 Å². The van der Waals surface area contributed by atoms with Gasteiger partial charge >= 0.3 is 6.18 Å². The van der Waals surface area contributed by atoms with Crippen molar-refractivity contribution in [1.82, 2.24) is 0 Å². The molecular weight excluding hydrogens is 277 g/mol. The summed E-state index contributed by atoms with van der Waals surface area (Å²) in [6.07, 6.45) is -4.32. The number of hydrogen-bond acceptors (Lipinski definition) is 2. The second kappa shape index (κ2) is 5.77. The van der Waals surface area contributed by atoms with Crippen LogP contribution in [0.15, 0.2) is 48.5 Å². The van der Waals surface area contributed by atoms with Crippen molar-refractivity contribution in [2.24, 2.45) is 5.73 Å². The number of rotatable bonds is 3. The minimum Gasteiger partial charge on any atom is -0.378 e. The molecule has 5 heteroatoms. The Balaban J connectivity index is 2.21. The van der Waals surface area contributed by atoms with Gasteiger partial charge in [0.05, 0.1) is 11.6 Å². The van der Waals surface area contributed by atoms with Gasteiger partial charge in [-0.05, 0) is 35.4 Å². The summed E-state index contributed by atoms with van der Waals surface area (Å²) < 4.78 is 37.6. The topological polar surface area (TPSA) is 29.3 Å². The second-order valence-corrected chi connectivity index (χ2v) is 5.08. The van der Waals surface area contributed by atoms with Crippen LogP contribution >= 0.6 is 0 Å². The average Bonchev–Trinajstić information content (AvgIpc) is 2.46. The third-order valence-corrected chi connectivity index (χ3v) is 3.37. The number of hydrogen-bond donors (Lipinski definition) is 1. The molecule has 0 aliphatic rings. The highest BCUT2D eigenvalue weighted by Crippen LogP contribution is 2.30. The van der Waals surface area contributed by atoms with Crippen molar-refractivity contribution in [3.63, 3.8) is 0 Å². The summed E-state index contributed by atoms with van der Waals surface area (Å²) in [6, 6.07) is 12.2. The third-order valence-electron chi connectivity index (χ3n) is 3.37. The molecule has 2 nitrogen and oxygen atoms in total. The fourth-order valence-corrected chi connectivity index (χ4v) is 2.05. The third kappa shape index (κ3) is 3.55. The molecule has 21 heavy (non-hydrogen) atoms. The molecule has 112 valence electrons. The highest BCUT2D eigenvalue weighted by molar-refractivity contribution is 5.47. The maximum atomic E-state index is 12.5. The van der Waals surface area contributed by atoms with Gasteiger partial charge in [-0.1, -0.05) is 24.3 Å². The maximum absolute atomic E-state index is 12.5. The van der Waals surface area contributed by atoms with Crippen LogP contribution in [0.3, 0.4) is 0 Å². The first-order valence-electron chi connectivity index (χ1n) is 6.49. The van der Waals surface area contributed by atoms with Gasteiger partial charge in [0.25, 0.3) is 0 Å². The number of halogens is 3. The number of alkyl halides is 3. The van der Waals surface area contributed by atoms with Gasteiger partial charge in [-0.25, -0.2) is 0 Å². The van der Waals surface area contributed by atoms with E-state index in [0.717, 1.165) is 23.4 Å². The van der Waals surface area contributed by atoms with E-state index in [2.05, 4.69) is 0 Å². The van der Waals surface area contributed by atoms with Crippen LogP contribution in [0.1, 0.15) is 22.7 Å². The zero-order valence-electron chi connectivity index (χ0n) is 11.9. The normalized spacial score (nSPS) is 13.0. The van der Waals surface area contributed by atoms with Crippen molar-refractivity contribution in [3.8, 4) is 0 Å². The first-order chi connectivity index (χ1) is 9.79. The van der Waals surface area contributed by atoms with E-state index in [4.69, 9.17) is 5.73 Å². The summed E-state index contributed by atoms with van der Waals surface area (Å²) in [4.78, 5) is 1.97. The first kappa shape index (κ1) is 15.4. The van der Waals surface area contributed by atoms with Gasteiger partial charge < -0.3 is 10.6 Å². The lowest BCUT2D eigenvalue weighted by Crippen LogP contribution is -2.13. The van der Waals surface area contributed by atoms with Crippen molar-refractivity contribution >= 4 is 5.69 Å². The summed E-state index contributed by atoms with van der Waals surface area (Å²) >= 11 is 0. The fourth-order valence-electron chi connectivity index (χ4n) is 2.05. The Kier molecular flexibility index (Phi) is 4.23. The summed E-state index contributed by atoms with van der Waals surface area (Å²) in [7, 11) is 3.87. The lowest BCUT2D eigenvalue weighted by molar-refractivity contribution is -0.137. The molecule has 0 saturated heterocycles. The lowest BCUT2D eigenvalue weighted by Gasteiger charge is -2.16. The Morgan fingerprint density at radius 3 is 1.67 bits per heavy atom. The van der Waals surface area contributed by atoms with Crippen LogP contribution in [0.25, 0.3) is 0 Å². The van der Waals surface area contributed by atoms with E-state index in [-0.39, 0.29) is 0 Å². The van der Waals surface area contributed by atoms with Gasteiger partial charge in [0, 0.05) is 19.8 Å². The molecule has 0 aliphatic carbocycles. The molecule has 0 spiro atoms. The van der Waals surface area contributed by atoms with Gasteiger partial charge in [0.2, 0.25) is 0 Å². The van der Waals surface area contributed by atoms with Crippen LogP contribution in [0, 0.1) is 0 Å². The standard InChI is InChI=1S/C16H17F3N2/c1-21(2)14-9-5-12(6-10-14)15(20)11-3-7-13(8-4-11)16(17,18)19/h3-10,15H,20H2,1-2H3. The molecular formula is C16H17F3N2. The van der Waals surface area contributed by atoms with E-state index in [9.17, 15) is 13.2 Å². The highest BCUT2D eigenvalue weighted by Gasteiger charge is 2.30. The van der Waals surface area contributed by atoms with Crippen molar-refractivity contribution in [2.45, 2.75) is 12.2 Å². The Labute approximate surface area is 122 Å². The molecule has 0 aliphatic heterocycles. The van der Waals surface area contributed by atoms with Gasteiger partial charge in [-0.15, -0.1) is 0 Å². The summed E-state index contributed by atoms with van der Waals surface area (Å²) in [5, 5.41) is 0. The molecule has 1 unspecified atom stereocenters. The number of nitrogens with two attached hydrogens (primary N) is 1. The van der Waals surface area contributed by atoms with E-state index in [0.29, 0.717) is 5.56 Å². The van der Waals surface area contributed by atoms with Crippen LogP contribution in [0.4, 0.5) is 18.9 Å². The lowest BCUT2D eigenvalue weighted by atomic mass is 9.98. The summed E-state index contributed by atoms with van der Waals surface area (Å²) in [6.45, 7) is 0. The minimum absolute atomic E-state index is 0.441. The molecule has 0 saturated carbocycles. The monoisotopic (exact) mass is 294 g/mol. The number of anilines is 1. The molecule has 0 bridgehead atoms. The van der Waals surface area contributed by atoms with Gasteiger partial charge in [0.15, 0.2) is 0 Å². The quantitative estimate of drug-likeness (QED) is 0.932. The fraction of sp³-hybridized carbons (Fsp3) is 0.250. The average molecular weight is 294 g/mol. The SMILES string of the molecule is CN(C)c1ccc(C(N)c2ccc(C(F)(F)F)cc2)cc1. The number of benzene rings is 2. The van der Waals surface area contributed by atoms with E-state index in [1.54, 1.807) is 0 Å². The predicted octanol–water partition coefficient (Wildman–Crippen LogP) is 3.82. The van der Waals surface area contributed by atoms with Crippen molar-refractivity contribution in [3.05, 3.63) is 65.2 Å². The van der Waals surface area contributed by atoms with E-state index in [1.807, 2.05) is 43.3 Å². The van der Waals surface area contributed by atoms with Crippen molar-refractivity contribution in [1.29, 1.82) is 0 Å². The summed E-state index contributed by atoms with van der Waals surface area (Å²) in [5.74, 6) is 0. The van der Waals surface area contributed by atoms with Crippen LogP contribution in [0.5, 0.6) is 0 Å². The number of nitrogens with zero attached hydrogens (tertiary/aromatic N) is 1. The molecule has 2 aromatic rings. The molecule has 0 amide bonds. The molecule has 2 aromatic carbocycles. The van der Waals surface area contributed by atoms with E-state index in [1.165, 1.54) is 12.1 Å². The maximum Gasteiger partial charge on any atom is 0.416 e. The first-order valence-corrected chi connectivity index (χ1v) is 6.49. The molecule has 0 heterocycles. The van der Waals surface area contributed by atoms with Crippen LogP contribution in [0.2, 0.25) is 0 Å². The van der Waals surface area contributed by atoms with Gasteiger partial charge in [-0.2, -0.15) is 13.2 Å². The smallest absolute Gasteiger partial charge is 0.378 e. The van der Waals surface area contributed by atoms with E-state index < -0.39 is 17.8 Å².